The number of piperidine rings is 2. The number of pyridine rings is 1. The van der Waals surface area contributed by atoms with Crippen LogP contribution in [0.3, 0.4) is 0 Å². The fourth-order valence-corrected chi connectivity index (χ4v) is 5.74. The summed E-state index contributed by atoms with van der Waals surface area (Å²) < 4.78 is 0. The van der Waals surface area contributed by atoms with Crippen molar-refractivity contribution in [2.75, 3.05) is 36.4 Å². The van der Waals surface area contributed by atoms with Crippen molar-refractivity contribution in [1.82, 2.24) is 9.88 Å². The van der Waals surface area contributed by atoms with Crippen molar-refractivity contribution < 1.29 is 9.59 Å². The van der Waals surface area contributed by atoms with E-state index in [4.69, 9.17) is 4.98 Å². The number of nitrogens with one attached hydrogen (secondary N) is 1. The summed E-state index contributed by atoms with van der Waals surface area (Å²) in [5.41, 5.74) is 4.26. The average molecular weight is 485 g/mol. The average Bonchev–Trinajstić information content (AvgIpc) is 2.89. The Morgan fingerprint density at radius 2 is 1.67 bits per heavy atom. The van der Waals surface area contributed by atoms with E-state index < -0.39 is 0 Å². The molecule has 1 aromatic heterocycles. The van der Waals surface area contributed by atoms with Gasteiger partial charge in [-0.15, -0.1) is 0 Å². The third-order valence-corrected chi connectivity index (χ3v) is 7.78. The number of nitrogens with zero attached hydrogens (tertiary/aromatic N) is 3. The molecule has 3 aromatic rings. The Kier molecular flexibility index (Phi) is 7.21. The Hall–Kier alpha value is -3.41. The standard InChI is InChI=1S/C30H36N4O2/c1-21-18-29(32-28-9-8-26(20-27(21)28)31-22(2)35)33-16-12-25(13-17-33)30(36)34-14-10-24(11-15-34)19-23-6-4-3-5-7-23/h3-9,18,20,24-25H,10-17,19H2,1-2H3,(H,31,35). The molecule has 6 heteroatoms. The number of hydrogen-bond acceptors (Lipinski definition) is 4. The van der Waals surface area contributed by atoms with Gasteiger partial charge < -0.3 is 15.1 Å². The second-order valence-corrected chi connectivity index (χ2v) is 10.4. The topological polar surface area (TPSA) is 65.5 Å². The van der Waals surface area contributed by atoms with Crippen molar-refractivity contribution >= 4 is 34.2 Å². The first-order chi connectivity index (χ1) is 17.5. The van der Waals surface area contributed by atoms with Crippen molar-refractivity contribution in [3.05, 3.63) is 65.7 Å². The summed E-state index contributed by atoms with van der Waals surface area (Å²) in [6.07, 6.45) is 5.08. The maximum Gasteiger partial charge on any atom is 0.225 e. The molecule has 5 rings (SSSR count). The van der Waals surface area contributed by atoms with Gasteiger partial charge in [-0.3, -0.25) is 9.59 Å². The number of benzene rings is 2. The Balaban J connectivity index is 1.15. The van der Waals surface area contributed by atoms with Gasteiger partial charge in [-0.05, 0) is 80.3 Å². The summed E-state index contributed by atoms with van der Waals surface area (Å²) >= 11 is 0. The molecule has 3 heterocycles. The third-order valence-electron chi connectivity index (χ3n) is 7.78. The van der Waals surface area contributed by atoms with Crippen molar-refractivity contribution in [1.29, 1.82) is 0 Å². The van der Waals surface area contributed by atoms with E-state index in [1.165, 1.54) is 12.5 Å². The summed E-state index contributed by atoms with van der Waals surface area (Å²) in [4.78, 5) is 34.0. The van der Waals surface area contributed by atoms with Gasteiger partial charge in [0.15, 0.2) is 0 Å². The lowest BCUT2D eigenvalue weighted by Crippen LogP contribution is -2.45. The Bertz CT molecular complexity index is 1230. The van der Waals surface area contributed by atoms with Gasteiger partial charge in [0, 0.05) is 50.1 Å². The second-order valence-electron chi connectivity index (χ2n) is 10.4. The van der Waals surface area contributed by atoms with E-state index in [0.29, 0.717) is 11.8 Å². The van der Waals surface area contributed by atoms with E-state index in [-0.39, 0.29) is 11.8 Å². The van der Waals surface area contributed by atoms with Crippen LogP contribution in [0.4, 0.5) is 11.5 Å². The molecule has 0 aliphatic carbocycles. The van der Waals surface area contributed by atoms with Crippen LogP contribution in [0, 0.1) is 18.8 Å². The van der Waals surface area contributed by atoms with Crippen LogP contribution in [0.2, 0.25) is 0 Å². The van der Waals surface area contributed by atoms with Gasteiger partial charge in [-0.1, -0.05) is 30.3 Å². The number of aromatic nitrogens is 1. The maximum absolute atomic E-state index is 13.3. The Labute approximate surface area is 213 Å². The molecule has 0 bridgehead atoms. The number of carbonyl (C=O) groups excluding carboxylic acids is 2. The molecular weight excluding hydrogens is 448 g/mol. The number of rotatable bonds is 5. The molecule has 2 saturated heterocycles. The summed E-state index contributed by atoms with van der Waals surface area (Å²) in [6.45, 7) is 7.08. The van der Waals surface area contributed by atoms with Crippen LogP contribution in [0.15, 0.2) is 54.6 Å². The second kappa shape index (κ2) is 10.7. The third kappa shape index (κ3) is 5.53. The summed E-state index contributed by atoms with van der Waals surface area (Å²) in [5, 5.41) is 3.89. The molecule has 0 radical (unpaired) electrons. The number of fused-ring (bicyclic) bond motifs is 1. The van der Waals surface area contributed by atoms with Crippen molar-refractivity contribution in [3.8, 4) is 0 Å². The monoisotopic (exact) mass is 484 g/mol. The molecule has 0 unspecified atom stereocenters. The van der Waals surface area contributed by atoms with Gasteiger partial charge in [0.25, 0.3) is 0 Å². The van der Waals surface area contributed by atoms with Gasteiger partial charge in [0.1, 0.15) is 5.82 Å². The van der Waals surface area contributed by atoms with Crippen LogP contribution in [-0.2, 0) is 16.0 Å². The fraction of sp³-hybridized carbons (Fsp3) is 0.433. The minimum Gasteiger partial charge on any atom is -0.357 e. The molecule has 2 fully saturated rings. The predicted molar refractivity (Wildman–Crippen MR) is 145 cm³/mol. The molecule has 0 spiro atoms. The van der Waals surface area contributed by atoms with Crippen LogP contribution in [0.1, 0.15) is 43.7 Å². The molecule has 2 aromatic carbocycles. The zero-order chi connectivity index (χ0) is 25.1. The highest BCUT2D eigenvalue weighted by Crippen LogP contribution is 2.30. The van der Waals surface area contributed by atoms with Gasteiger partial charge in [-0.25, -0.2) is 4.98 Å². The zero-order valence-corrected chi connectivity index (χ0v) is 21.4. The molecule has 6 nitrogen and oxygen atoms in total. The van der Waals surface area contributed by atoms with Crippen molar-refractivity contribution in [2.24, 2.45) is 11.8 Å². The molecular formula is C30H36N4O2. The van der Waals surface area contributed by atoms with E-state index in [2.05, 4.69) is 58.4 Å². The molecule has 36 heavy (non-hydrogen) atoms. The van der Waals surface area contributed by atoms with Crippen LogP contribution < -0.4 is 10.2 Å². The number of carbonyl (C=O) groups is 2. The molecule has 1 N–H and O–H groups in total. The first kappa shape index (κ1) is 24.3. The number of hydrogen-bond donors (Lipinski definition) is 1. The lowest BCUT2D eigenvalue weighted by Gasteiger charge is -2.37. The van der Waals surface area contributed by atoms with Crippen molar-refractivity contribution in [3.63, 3.8) is 0 Å². The molecule has 2 aliphatic rings. The number of anilines is 2. The summed E-state index contributed by atoms with van der Waals surface area (Å²) in [5.74, 6) is 2.04. The van der Waals surface area contributed by atoms with Crippen LogP contribution in [0.5, 0.6) is 0 Å². The SMILES string of the molecule is CC(=O)Nc1ccc2nc(N3CCC(C(=O)N4CCC(Cc5ccccc5)CC4)CC3)cc(C)c2c1. The first-order valence-electron chi connectivity index (χ1n) is 13.2. The molecule has 0 atom stereocenters. The van der Waals surface area contributed by atoms with Crippen molar-refractivity contribution in [2.45, 2.75) is 46.0 Å². The lowest BCUT2D eigenvalue weighted by atomic mass is 9.88. The molecule has 188 valence electrons. The Morgan fingerprint density at radius 3 is 2.36 bits per heavy atom. The van der Waals surface area contributed by atoms with Gasteiger partial charge in [0.2, 0.25) is 11.8 Å². The summed E-state index contributed by atoms with van der Waals surface area (Å²) in [6, 6.07) is 18.7. The minimum atomic E-state index is -0.0782. The number of likely N-dealkylation sites (tertiary alicyclic amines) is 1. The minimum absolute atomic E-state index is 0.0782. The first-order valence-corrected chi connectivity index (χ1v) is 13.2. The highest BCUT2D eigenvalue weighted by Gasteiger charge is 2.31. The smallest absolute Gasteiger partial charge is 0.225 e. The predicted octanol–water partition coefficient (Wildman–Crippen LogP) is 5.20. The van der Waals surface area contributed by atoms with Crippen LogP contribution >= 0.6 is 0 Å². The van der Waals surface area contributed by atoms with Gasteiger partial charge >= 0.3 is 0 Å². The van der Waals surface area contributed by atoms with E-state index in [0.717, 1.165) is 86.3 Å². The van der Waals surface area contributed by atoms with E-state index >= 15 is 0 Å². The highest BCUT2D eigenvalue weighted by atomic mass is 16.2. The molecule has 0 saturated carbocycles. The van der Waals surface area contributed by atoms with Gasteiger partial charge in [0.05, 0.1) is 5.52 Å². The largest absolute Gasteiger partial charge is 0.357 e. The lowest BCUT2D eigenvalue weighted by molar-refractivity contribution is -0.137. The van der Waals surface area contributed by atoms with Gasteiger partial charge in [-0.2, -0.15) is 0 Å². The normalized spacial score (nSPS) is 17.4. The zero-order valence-electron chi connectivity index (χ0n) is 21.4. The molecule has 2 amide bonds. The number of aryl methyl sites for hydroxylation is 1. The molecule has 2 aliphatic heterocycles. The van der Waals surface area contributed by atoms with E-state index in [9.17, 15) is 9.59 Å². The maximum atomic E-state index is 13.3. The van der Waals surface area contributed by atoms with E-state index in [1.54, 1.807) is 0 Å². The number of amides is 2. The van der Waals surface area contributed by atoms with Crippen LogP contribution in [-0.4, -0.2) is 47.9 Å². The fourth-order valence-electron chi connectivity index (χ4n) is 5.74. The quantitative estimate of drug-likeness (QED) is 0.541. The summed E-state index contributed by atoms with van der Waals surface area (Å²) in [7, 11) is 0. The Morgan fingerprint density at radius 1 is 0.944 bits per heavy atom. The van der Waals surface area contributed by atoms with E-state index in [1.807, 2.05) is 18.2 Å². The van der Waals surface area contributed by atoms with Crippen LogP contribution in [0.25, 0.3) is 10.9 Å². The highest BCUT2D eigenvalue weighted by molar-refractivity contribution is 5.93.